The summed E-state index contributed by atoms with van der Waals surface area (Å²) in [5.74, 6) is 2.04. The van der Waals surface area contributed by atoms with Gasteiger partial charge < -0.3 is 14.7 Å². The topological polar surface area (TPSA) is 41.1 Å². The number of likely N-dealkylation sites (N-methyl/N-ethyl adjacent to an activating group) is 1. The number of anilines is 2. The van der Waals surface area contributed by atoms with Crippen LogP contribution in [0, 0.1) is 0 Å². The molecule has 1 N–H and O–H groups in total. The van der Waals surface area contributed by atoms with Gasteiger partial charge in [0.05, 0.1) is 19.2 Å². The predicted octanol–water partition coefficient (Wildman–Crippen LogP) is 3.65. The van der Waals surface area contributed by atoms with Gasteiger partial charge in [0, 0.05) is 20.0 Å². The highest BCUT2D eigenvalue weighted by atomic mass is 15.5. The predicted molar refractivity (Wildman–Crippen MR) is 117 cm³/mol. The molecule has 5 nitrogen and oxygen atoms in total. The summed E-state index contributed by atoms with van der Waals surface area (Å²) in [6.45, 7) is 3.02. The van der Waals surface area contributed by atoms with Crippen LogP contribution in [-0.2, 0) is 13.0 Å². The van der Waals surface area contributed by atoms with Crippen LogP contribution >= 0.6 is 0 Å². The summed E-state index contributed by atoms with van der Waals surface area (Å²) >= 11 is 0. The summed E-state index contributed by atoms with van der Waals surface area (Å²) in [5.41, 5.74) is 3.92. The Bertz CT molecular complexity index is 991. The molecule has 3 aromatic rings. The van der Waals surface area contributed by atoms with Gasteiger partial charge in [-0.1, -0.05) is 60.7 Å². The van der Waals surface area contributed by atoms with Crippen molar-refractivity contribution in [1.29, 1.82) is 0 Å². The summed E-state index contributed by atoms with van der Waals surface area (Å²) in [6, 6.07) is 22.4. The van der Waals surface area contributed by atoms with Crippen LogP contribution in [0.15, 0.2) is 67.0 Å². The molecule has 5 heteroatoms. The monoisotopic (exact) mass is 386 g/mol. The lowest BCUT2D eigenvalue weighted by molar-refractivity contribution is -0.825. The van der Waals surface area contributed by atoms with E-state index in [1.54, 1.807) is 6.33 Å². The Morgan fingerprint density at radius 1 is 1.00 bits per heavy atom. The van der Waals surface area contributed by atoms with E-state index >= 15 is 0 Å². The fourth-order valence-corrected chi connectivity index (χ4v) is 4.79. The first-order valence-corrected chi connectivity index (χ1v) is 10.4. The molecule has 29 heavy (non-hydrogen) atoms. The number of fused-ring (bicyclic) bond motifs is 2. The van der Waals surface area contributed by atoms with Gasteiger partial charge in [0.2, 0.25) is 0 Å². The van der Waals surface area contributed by atoms with Crippen LogP contribution in [0.5, 0.6) is 0 Å². The summed E-state index contributed by atoms with van der Waals surface area (Å²) in [5, 5.41) is 3.62. The number of quaternary nitrogens is 1. The van der Waals surface area contributed by atoms with Gasteiger partial charge in [-0.3, -0.25) is 0 Å². The first-order chi connectivity index (χ1) is 14.1. The third kappa shape index (κ3) is 3.36. The Morgan fingerprint density at radius 2 is 1.69 bits per heavy atom. The minimum absolute atomic E-state index is 0.349. The molecule has 2 aliphatic heterocycles. The van der Waals surface area contributed by atoms with Crippen molar-refractivity contribution in [2.45, 2.75) is 25.0 Å². The maximum Gasteiger partial charge on any atom is 0.156 e. The molecule has 0 saturated carbocycles. The van der Waals surface area contributed by atoms with Gasteiger partial charge in [-0.2, -0.15) is 0 Å². The molecule has 1 aromatic heterocycles. The highest BCUT2D eigenvalue weighted by Crippen LogP contribution is 2.48. The molecule has 2 aliphatic rings. The molecule has 2 aromatic carbocycles. The van der Waals surface area contributed by atoms with E-state index in [0.717, 1.165) is 35.6 Å². The normalized spacial score (nSPS) is 24.6. The second kappa shape index (κ2) is 7.16. The average Bonchev–Trinajstić information content (AvgIpc) is 3.44. The third-order valence-electron chi connectivity index (χ3n) is 6.61. The molecule has 0 amide bonds. The number of aromatic nitrogens is 2. The smallest absolute Gasteiger partial charge is 0.156 e. The molecule has 1 fully saturated rings. The number of hydrogen-bond acceptors (Lipinski definition) is 4. The van der Waals surface area contributed by atoms with Gasteiger partial charge in [-0.05, 0) is 11.1 Å². The third-order valence-corrected chi connectivity index (χ3v) is 6.61. The van der Waals surface area contributed by atoms with Crippen LogP contribution in [0.3, 0.4) is 0 Å². The van der Waals surface area contributed by atoms with Crippen molar-refractivity contribution in [1.82, 2.24) is 9.97 Å². The van der Waals surface area contributed by atoms with Crippen LogP contribution in [0.2, 0.25) is 0 Å². The molecule has 0 spiro atoms. The number of rotatable bonds is 5. The molecule has 5 rings (SSSR count). The quantitative estimate of drug-likeness (QED) is 0.537. The van der Waals surface area contributed by atoms with Crippen molar-refractivity contribution >= 4 is 11.6 Å². The maximum atomic E-state index is 4.77. The minimum Gasteiger partial charge on any atom is -0.363 e. The SMILES string of the molecule is CN(Cc1ccccc1)c1ncnc2c1[C@@H](Cc1ccccc1)[N+]1(C)C[C@@H]1CN2. The van der Waals surface area contributed by atoms with Gasteiger partial charge >= 0.3 is 0 Å². The van der Waals surface area contributed by atoms with Crippen LogP contribution in [0.4, 0.5) is 11.6 Å². The number of nitrogens with one attached hydrogen (secondary N) is 1. The Morgan fingerprint density at radius 3 is 2.41 bits per heavy atom. The Kier molecular flexibility index (Phi) is 4.47. The van der Waals surface area contributed by atoms with Gasteiger partial charge in [-0.15, -0.1) is 0 Å². The van der Waals surface area contributed by atoms with Crippen molar-refractivity contribution in [3.8, 4) is 0 Å². The Balaban J connectivity index is 1.55. The van der Waals surface area contributed by atoms with Crippen molar-refractivity contribution in [2.75, 3.05) is 37.4 Å². The molecule has 148 valence electrons. The zero-order valence-corrected chi connectivity index (χ0v) is 17.1. The second-order valence-electron chi connectivity index (χ2n) is 8.57. The molecular weight excluding hydrogens is 358 g/mol. The molecule has 0 radical (unpaired) electrons. The largest absolute Gasteiger partial charge is 0.363 e. The standard InChI is InChI=1S/C24H28N5/c1-28(15-19-11-7-4-8-12-19)24-22-21(13-18-9-5-3-6-10-18)29(2)16-20(29)14-25-23(22)26-17-27-24/h3-12,17,20-21H,13-16H2,1-2H3,(H,25,26,27)/q+1/t20-,21+,29?/m0/s1. The summed E-state index contributed by atoms with van der Waals surface area (Å²) in [7, 11) is 4.53. The summed E-state index contributed by atoms with van der Waals surface area (Å²) < 4.78 is 1.06. The van der Waals surface area contributed by atoms with Crippen LogP contribution in [-0.4, -0.2) is 47.7 Å². The van der Waals surface area contributed by atoms with Crippen molar-refractivity contribution < 1.29 is 4.48 Å². The van der Waals surface area contributed by atoms with Crippen molar-refractivity contribution in [2.24, 2.45) is 0 Å². The van der Waals surface area contributed by atoms with Crippen LogP contribution in [0.25, 0.3) is 0 Å². The summed E-state index contributed by atoms with van der Waals surface area (Å²) in [6.07, 6.45) is 2.70. The zero-order valence-electron chi connectivity index (χ0n) is 17.1. The van der Waals surface area contributed by atoms with E-state index in [-0.39, 0.29) is 0 Å². The summed E-state index contributed by atoms with van der Waals surface area (Å²) in [4.78, 5) is 11.7. The zero-order chi connectivity index (χ0) is 19.8. The first kappa shape index (κ1) is 18.1. The highest BCUT2D eigenvalue weighted by molar-refractivity contribution is 5.61. The molecule has 0 bridgehead atoms. The van der Waals surface area contributed by atoms with Crippen LogP contribution < -0.4 is 10.2 Å². The molecule has 3 atom stereocenters. The fourth-order valence-electron chi connectivity index (χ4n) is 4.79. The number of benzene rings is 2. The lowest BCUT2D eigenvalue weighted by atomic mass is 9.97. The van der Waals surface area contributed by atoms with E-state index in [9.17, 15) is 0 Å². The molecule has 3 heterocycles. The number of nitrogens with zero attached hydrogens (tertiary/aromatic N) is 4. The van der Waals surface area contributed by atoms with Crippen molar-refractivity contribution in [3.05, 3.63) is 83.7 Å². The van der Waals surface area contributed by atoms with Gasteiger partial charge in [0.15, 0.2) is 6.04 Å². The molecule has 1 unspecified atom stereocenters. The molecule has 0 aliphatic carbocycles. The van der Waals surface area contributed by atoms with E-state index in [0.29, 0.717) is 12.1 Å². The Hall–Kier alpha value is -2.92. The first-order valence-electron chi connectivity index (χ1n) is 10.4. The maximum absolute atomic E-state index is 4.77. The Labute approximate surface area is 172 Å². The van der Waals surface area contributed by atoms with E-state index in [2.05, 4.69) is 90.0 Å². The number of hydrogen-bond donors (Lipinski definition) is 1. The lowest BCUT2D eigenvalue weighted by Crippen LogP contribution is -2.33. The lowest BCUT2D eigenvalue weighted by Gasteiger charge is -2.30. The van der Waals surface area contributed by atoms with Gasteiger partial charge in [0.25, 0.3) is 0 Å². The second-order valence-corrected chi connectivity index (χ2v) is 8.57. The van der Waals surface area contributed by atoms with E-state index in [1.165, 1.54) is 23.2 Å². The fraction of sp³-hybridized carbons (Fsp3) is 0.333. The van der Waals surface area contributed by atoms with E-state index < -0.39 is 0 Å². The minimum atomic E-state index is 0.349. The van der Waals surface area contributed by atoms with E-state index in [4.69, 9.17) is 4.98 Å². The van der Waals surface area contributed by atoms with E-state index in [1.807, 2.05) is 0 Å². The van der Waals surface area contributed by atoms with Crippen molar-refractivity contribution in [3.63, 3.8) is 0 Å². The molecular formula is C24H28N5+. The van der Waals surface area contributed by atoms with Gasteiger partial charge in [-0.25, -0.2) is 9.97 Å². The van der Waals surface area contributed by atoms with Crippen LogP contribution in [0.1, 0.15) is 22.7 Å². The highest BCUT2D eigenvalue weighted by Gasteiger charge is 2.59. The van der Waals surface area contributed by atoms with Gasteiger partial charge in [0.1, 0.15) is 30.5 Å². The molecule has 1 saturated heterocycles. The average molecular weight is 387 g/mol.